The van der Waals surface area contributed by atoms with E-state index in [1.807, 2.05) is 44.2 Å². The lowest BCUT2D eigenvalue weighted by molar-refractivity contribution is -0.110. The summed E-state index contributed by atoms with van der Waals surface area (Å²) in [7, 11) is 0. The number of oxime groups is 1. The van der Waals surface area contributed by atoms with Gasteiger partial charge in [0.1, 0.15) is 5.71 Å². The molecule has 6 nitrogen and oxygen atoms in total. The van der Waals surface area contributed by atoms with E-state index in [1.165, 1.54) is 0 Å². The third-order valence-corrected chi connectivity index (χ3v) is 4.33. The van der Waals surface area contributed by atoms with Crippen molar-refractivity contribution in [3.8, 4) is 0 Å². The predicted molar refractivity (Wildman–Crippen MR) is 105 cm³/mol. The Bertz CT molecular complexity index is 881. The van der Waals surface area contributed by atoms with Gasteiger partial charge >= 0.3 is 0 Å². The standard InChI is InChI=1S/C20H20ClN3O3/c1-12(2)22-19(25)14-8-9-15(21)16(10-14)23-20(26)17-11-18(27-24-17)13-6-4-3-5-7-13/h3-10,12,18H,11H2,1-2H3,(H,22,25)(H,23,26). The number of halogens is 1. The molecular weight excluding hydrogens is 366 g/mol. The molecule has 1 aliphatic rings. The molecule has 2 amide bonds. The molecule has 1 heterocycles. The summed E-state index contributed by atoms with van der Waals surface area (Å²) < 4.78 is 0. The van der Waals surface area contributed by atoms with Crippen molar-refractivity contribution in [1.29, 1.82) is 0 Å². The lowest BCUT2D eigenvalue weighted by Gasteiger charge is -2.11. The molecular formula is C20H20ClN3O3. The van der Waals surface area contributed by atoms with E-state index in [2.05, 4.69) is 15.8 Å². The summed E-state index contributed by atoms with van der Waals surface area (Å²) >= 11 is 6.16. The number of nitrogens with zero attached hydrogens (tertiary/aromatic N) is 1. The van der Waals surface area contributed by atoms with E-state index in [0.29, 0.717) is 22.7 Å². The van der Waals surface area contributed by atoms with Crippen molar-refractivity contribution in [2.45, 2.75) is 32.4 Å². The van der Waals surface area contributed by atoms with E-state index >= 15 is 0 Å². The Morgan fingerprint density at radius 1 is 1.15 bits per heavy atom. The summed E-state index contributed by atoms with van der Waals surface area (Å²) in [6.45, 7) is 3.75. The van der Waals surface area contributed by atoms with Gasteiger partial charge in [0.15, 0.2) is 6.10 Å². The normalized spacial score (nSPS) is 15.9. The third kappa shape index (κ3) is 4.65. The Kier molecular flexibility index (Phi) is 5.76. The molecule has 2 aromatic rings. The molecule has 2 aromatic carbocycles. The minimum atomic E-state index is -0.406. The first-order valence-corrected chi connectivity index (χ1v) is 9.01. The van der Waals surface area contributed by atoms with Crippen LogP contribution in [0.5, 0.6) is 0 Å². The van der Waals surface area contributed by atoms with E-state index < -0.39 is 5.91 Å². The van der Waals surface area contributed by atoms with Gasteiger partial charge in [-0.2, -0.15) is 0 Å². The molecule has 140 valence electrons. The Balaban J connectivity index is 1.68. The fourth-order valence-electron chi connectivity index (χ4n) is 2.66. The van der Waals surface area contributed by atoms with Gasteiger partial charge in [0.25, 0.3) is 11.8 Å². The highest BCUT2D eigenvalue weighted by Gasteiger charge is 2.27. The number of hydrogen-bond donors (Lipinski definition) is 2. The Hall–Kier alpha value is -2.86. The van der Waals surface area contributed by atoms with Gasteiger partial charge in [0, 0.05) is 18.0 Å². The highest BCUT2D eigenvalue weighted by atomic mass is 35.5. The molecule has 27 heavy (non-hydrogen) atoms. The summed E-state index contributed by atoms with van der Waals surface area (Å²) in [4.78, 5) is 30.0. The monoisotopic (exact) mass is 385 g/mol. The number of rotatable bonds is 5. The molecule has 0 aliphatic carbocycles. The van der Waals surface area contributed by atoms with Crippen LogP contribution in [0.15, 0.2) is 53.7 Å². The summed E-state index contributed by atoms with van der Waals surface area (Å²) in [6.07, 6.45) is 0.0756. The molecule has 0 fully saturated rings. The second kappa shape index (κ2) is 8.22. The molecule has 0 aromatic heterocycles. The quantitative estimate of drug-likeness (QED) is 0.818. The van der Waals surface area contributed by atoms with Gasteiger partial charge in [0.2, 0.25) is 0 Å². The largest absolute Gasteiger partial charge is 0.387 e. The molecule has 3 rings (SSSR count). The van der Waals surface area contributed by atoms with Crippen LogP contribution >= 0.6 is 11.6 Å². The van der Waals surface area contributed by atoms with Crippen molar-refractivity contribution in [3.05, 3.63) is 64.7 Å². The van der Waals surface area contributed by atoms with Gasteiger partial charge < -0.3 is 15.5 Å². The molecule has 0 saturated carbocycles. The Morgan fingerprint density at radius 2 is 1.89 bits per heavy atom. The smallest absolute Gasteiger partial charge is 0.273 e. The van der Waals surface area contributed by atoms with Crippen LogP contribution in [-0.2, 0) is 9.63 Å². The minimum Gasteiger partial charge on any atom is -0.387 e. The number of nitrogens with one attached hydrogen (secondary N) is 2. The lowest BCUT2D eigenvalue weighted by Crippen LogP contribution is -2.30. The van der Waals surface area contributed by atoms with Crippen molar-refractivity contribution in [1.82, 2.24) is 5.32 Å². The van der Waals surface area contributed by atoms with E-state index in [9.17, 15) is 9.59 Å². The molecule has 1 unspecified atom stereocenters. The number of carbonyl (C=O) groups is 2. The molecule has 7 heteroatoms. The zero-order valence-corrected chi connectivity index (χ0v) is 15.8. The number of amides is 2. The summed E-state index contributed by atoms with van der Waals surface area (Å²) in [5, 5.41) is 9.75. The third-order valence-electron chi connectivity index (χ3n) is 4.00. The minimum absolute atomic E-state index is 0.00568. The van der Waals surface area contributed by atoms with Crippen LogP contribution in [0.25, 0.3) is 0 Å². The average Bonchev–Trinajstić information content (AvgIpc) is 3.14. The van der Waals surface area contributed by atoms with Crippen molar-refractivity contribution in [2.75, 3.05) is 5.32 Å². The topological polar surface area (TPSA) is 79.8 Å². The van der Waals surface area contributed by atoms with Crippen molar-refractivity contribution in [2.24, 2.45) is 5.16 Å². The zero-order chi connectivity index (χ0) is 19.4. The number of hydrogen-bond acceptors (Lipinski definition) is 4. The van der Waals surface area contributed by atoms with Crippen LogP contribution in [0.3, 0.4) is 0 Å². The lowest BCUT2D eigenvalue weighted by atomic mass is 10.0. The van der Waals surface area contributed by atoms with E-state index in [0.717, 1.165) is 5.56 Å². The Morgan fingerprint density at radius 3 is 2.59 bits per heavy atom. The fourth-order valence-corrected chi connectivity index (χ4v) is 2.83. The highest BCUT2D eigenvalue weighted by molar-refractivity contribution is 6.44. The van der Waals surface area contributed by atoms with Crippen LogP contribution in [0, 0.1) is 0 Å². The van der Waals surface area contributed by atoms with E-state index in [-0.39, 0.29) is 23.8 Å². The Labute approximate surface area is 162 Å². The number of anilines is 1. The first-order chi connectivity index (χ1) is 12.9. The molecule has 0 radical (unpaired) electrons. The van der Waals surface area contributed by atoms with Crippen LogP contribution in [0.2, 0.25) is 5.02 Å². The van der Waals surface area contributed by atoms with Gasteiger partial charge in [-0.3, -0.25) is 9.59 Å². The van der Waals surface area contributed by atoms with E-state index in [1.54, 1.807) is 18.2 Å². The van der Waals surface area contributed by atoms with Crippen molar-refractivity contribution < 1.29 is 14.4 Å². The zero-order valence-electron chi connectivity index (χ0n) is 15.0. The maximum atomic E-state index is 12.5. The van der Waals surface area contributed by atoms with Crippen LogP contribution in [0.4, 0.5) is 5.69 Å². The fraction of sp³-hybridized carbons (Fsp3) is 0.250. The maximum Gasteiger partial charge on any atom is 0.273 e. The summed E-state index contributed by atoms with van der Waals surface area (Å²) in [6, 6.07) is 14.3. The van der Waals surface area contributed by atoms with Crippen molar-refractivity contribution in [3.63, 3.8) is 0 Å². The first-order valence-electron chi connectivity index (χ1n) is 8.63. The van der Waals surface area contributed by atoms with Crippen molar-refractivity contribution >= 4 is 34.8 Å². The van der Waals surface area contributed by atoms with Crippen LogP contribution < -0.4 is 10.6 Å². The summed E-state index contributed by atoms with van der Waals surface area (Å²) in [5.74, 6) is -0.639. The van der Waals surface area contributed by atoms with Gasteiger partial charge in [-0.15, -0.1) is 0 Å². The molecule has 1 atom stereocenters. The van der Waals surface area contributed by atoms with Gasteiger partial charge in [-0.05, 0) is 37.6 Å². The van der Waals surface area contributed by atoms with E-state index in [4.69, 9.17) is 16.4 Å². The average molecular weight is 386 g/mol. The number of benzene rings is 2. The molecule has 0 saturated heterocycles. The second-order valence-electron chi connectivity index (χ2n) is 6.52. The summed E-state index contributed by atoms with van der Waals surface area (Å²) in [5.41, 5.74) is 1.99. The SMILES string of the molecule is CC(C)NC(=O)c1ccc(Cl)c(NC(=O)C2=NOC(c3ccccc3)C2)c1. The molecule has 1 aliphatic heterocycles. The van der Waals surface area contributed by atoms with Crippen LogP contribution in [-0.4, -0.2) is 23.6 Å². The number of carbonyl (C=O) groups excluding carboxylic acids is 2. The highest BCUT2D eigenvalue weighted by Crippen LogP contribution is 2.28. The molecule has 2 N–H and O–H groups in total. The van der Waals surface area contributed by atoms with Crippen LogP contribution in [0.1, 0.15) is 42.3 Å². The predicted octanol–water partition coefficient (Wildman–Crippen LogP) is 3.93. The van der Waals surface area contributed by atoms with Gasteiger partial charge in [-0.1, -0.05) is 47.1 Å². The first kappa shape index (κ1) is 18.9. The molecule has 0 bridgehead atoms. The van der Waals surface area contributed by atoms with Gasteiger partial charge in [0.05, 0.1) is 10.7 Å². The maximum absolute atomic E-state index is 12.5. The van der Waals surface area contributed by atoms with Gasteiger partial charge in [-0.25, -0.2) is 0 Å². The second-order valence-corrected chi connectivity index (χ2v) is 6.93. The molecule has 0 spiro atoms.